The van der Waals surface area contributed by atoms with Gasteiger partial charge in [-0.25, -0.2) is 4.79 Å². The first-order valence-corrected chi connectivity index (χ1v) is 13.8. The number of hydrogen-bond donors (Lipinski definition) is 2. The lowest BCUT2D eigenvalue weighted by Crippen LogP contribution is -2.51. The van der Waals surface area contributed by atoms with E-state index < -0.39 is 0 Å². The molecule has 2 amide bonds. The van der Waals surface area contributed by atoms with Crippen molar-refractivity contribution in [1.29, 1.82) is 0 Å². The minimum Gasteiger partial charge on any atom is -0.385 e. The Labute approximate surface area is 211 Å². The van der Waals surface area contributed by atoms with Crippen LogP contribution in [0.1, 0.15) is 82.2 Å². The number of methoxy groups -OCH3 is 1. The summed E-state index contributed by atoms with van der Waals surface area (Å²) in [5.41, 5.74) is 1.06. The Kier molecular flexibility index (Phi) is 11.9. The monoisotopic (exact) mass is 492 g/mol. The summed E-state index contributed by atoms with van der Waals surface area (Å²) in [7, 11) is 3.73. The third kappa shape index (κ3) is 8.69. The third-order valence-corrected chi connectivity index (χ3v) is 7.91. The maximum atomic E-state index is 13.3. The van der Waals surface area contributed by atoms with Crippen LogP contribution in [0, 0.1) is 11.8 Å². The molecule has 0 bridgehead atoms. The molecule has 0 unspecified atom stereocenters. The molecular weight excluding hydrogens is 448 g/mol. The molecule has 1 saturated heterocycles. The van der Waals surface area contributed by atoms with Crippen LogP contribution in [0.25, 0.3) is 0 Å². The topological polar surface area (TPSA) is 66.5 Å². The van der Waals surface area contributed by atoms with Gasteiger partial charge >= 0.3 is 6.03 Å². The van der Waals surface area contributed by atoms with Crippen molar-refractivity contribution in [1.82, 2.24) is 20.5 Å². The van der Waals surface area contributed by atoms with Crippen molar-refractivity contribution in [3.8, 4) is 0 Å². The Bertz CT molecular complexity index is 728. The van der Waals surface area contributed by atoms with Crippen LogP contribution in [-0.2, 0) is 4.74 Å². The van der Waals surface area contributed by atoms with Crippen LogP contribution in [-0.4, -0.2) is 62.4 Å². The highest BCUT2D eigenvalue weighted by molar-refractivity contribution is 6.30. The molecule has 2 heterocycles. The fourth-order valence-corrected chi connectivity index (χ4v) is 6.08. The number of carbonyl (C=O) groups is 1. The van der Waals surface area contributed by atoms with E-state index in [1.807, 2.05) is 24.1 Å². The van der Waals surface area contributed by atoms with E-state index in [0.717, 1.165) is 81.4 Å². The Morgan fingerprint density at radius 1 is 1.24 bits per heavy atom. The number of pyridine rings is 1. The summed E-state index contributed by atoms with van der Waals surface area (Å²) in [6.07, 6.45) is 14.9. The van der Waals surface area contributed by atoms with Gasteiger partial charge in [0.15, 0.2) is 0 Å². The quantitative estimate of drug-likeness (QED) is 0.372. The largest absolute Gasteiger partial charge is 0.385 e. The number of likely N-dealkylation sites (tertiary alicyclic amines) is 1. The molecule has 0 aromatic carbocycles. The summed E-state index contributed by atoms with van der Waals surface area (Å²) >= 11 is 6.32. The van der Waals surface area contributed by atoms with Crippen LogP contribution in [0.2, 0.25) is 5.02 Å². The molecule has 0 radical (unpaired) electrons. The Morgan fingerprint density at radius 2 is 2.06 bits per heavy atom. The number of halogens is 1. The summed E-state index contributed by atoms with van der Waals surface area (Å²) in [6, 6.07) is 4.13. The summed E-state index contributed by atoms with van der Waals surface area (Å²) < 4.78 is 5.25. The second-order valence-corrected chi connectivity index (χ2v) is 10.7. The van der Waals surface area contributed by atoms with Crippen LogP contribution in [0.3, 0.4) is 0 Å². The van der Waals surface area contributed by atoms with Gasteiger partial charge in [0.2, 0.25) is 0 Å². The number of unbranched alkanes of at least 4 members (excludes halogenated alkanes) is 1. The van der Waals surface area contributed by atoms with Crippen LogP contribution < -0.4 is 10.6 Å². The van der Waals surface area contributed by atoms with Crippen molar-refractivity contribution in [2.45, 2.75) is 82.6 Å². The molecule has 6 nitrogen and oxygen atoms in total. The van der Waals surface area contributed by atoms with Crippen LogP contribution in [0.4, 0.5) is 4.79 Å². The highest BCUT2D eigenvalue weighted by atomic mass is 35.5. The van der Waals surface area contributed by atoms with Gasteiger partial charge in [-0.15, -0.1) is 0 Å². The van der Waals surface area contributed by atoms with Crippen molar-refractivity contribution < 1.29 is 9.53 Å². The molecule has 3 rings (SSSR count). The fourth-order valence-electron chi connectivity index (χ4n) is 5.91. The Hall–Kier alpha value is -1.37. The van der Waals surface area contributed by atoms with E-state index in [1.165, 1.54) is 32.1 Å². The predicted molar refractivity (Wildman–Crippen MR) is 139 cm³/mol. The molecular formula is C27H45ClN4O2. The standard InChI is InChI=1S/C27H45ClN4O2/c1-29-19-24(17-21-9-4-3-5-10-21)31-27(33)32-15-8-11-22(20-32)25(12-6-7-16-34-2)26-18-23(28)13-14-30-26/h13-14,18,21-22,24-25,29H,3-12,15-17,19-20H2,1-2H3,(H,31,33)/t22-,24+,25-/m1/s1. The number of ether oxygens (including phenoxy) is 1. The zero-order chi connectivity index (χ0) is 24.2. The lowest BCUT2D eigenvalue weighted by Gasteiger charge is -2.38. The van der Waals surface area contributed by atoms with Gasteiger partial charge in [-0.05, 0) is 63.1 Å². The number of piperidine rings is 1. The lowest BCUT2D eigenvalue weighted by atomic mass is 9.80. The van der Waals surface area contributed by atoms with E-state index in [0.29, 0.717) is 11.8 Å². The number of hydrogen-bond acceptors (Lipinski definition) is 4. The van der Waals surface area contributed by atoms with Gasteiger partial charge in [0.1, 0.15) is 0 Å². The van der Waals surface area contributed by atoms with E-state index in [-0.39, 0.29) is 12.1 Å². The average Bonchev–Trinajstić information content (AvgIpc) is 2.85. The van der Waals surface area contributed by atoms with Gasteiger partial charge in [-0.1, -0.05) is 50.1 Å². The van der Waals surface area contributed by atoms with Crippen molar-refractivity contribution in [3.05, 3.63) is 29.0 Å². The highest BCUT2D eigenvalue weighted by Gasteiger charge is 2.32. The van der Waals surface area contributed by atoms with Crippen LogP contribution in [0.5, 0.6) is 0 Å². The van der Waals surface area contributed by atoms with Gasteiger partial charge in [-0.3, -0.25) is 4.98 Å². The van der Waals surface area contributed by atoms with Crippen molar-refractivity contribution in [3.63, 3.8) is 0 Å². The first-order valence-electron chi connectivity index (χ1n) is 13.4. The highest BCUT2D eigenvalue weighted by Crippen LogP contribution is 2.35. The molecule has 2 aliphatic rings. The molecule has 1 aromatic heterocycles. The summed E-state index contributed by atoms with van der Waals surface area (Å²) in [6.45, 7) is 3.22. The molecule has 0 spiro atoms. The number of likely N-dealkylation sites (N-methyl/N-ethyl adjacent to an activating group) is 1. The minimum atomic E-state index is 0.0953. The zero-order valence-electron chi connectivity index (χ0n) is 21.2. The van der Waals surface area contributed by atoms with Crippen LogP contribution >= 0.6 is 11.6 Å². The van der Waals surface area contributed by atoms with E-state index in [4.69, 9.17) is 16.3 Å². The molecule has 1 saturated carbocycles. The second kappa shape index (κ2) is 14.9. The fraction of sp³-hybridized carbons (Fsp3) is 0.778. The molecule has 34 heavy (non-hydrogen) atoms. The van der Waals surface area contributed by atoms with Crippen LogP contribution in [0.15, 0.2) is 18.3 Å². The van der Waals surface area contributed by atoms with Crippen molar-refractivity contribution >= 4 is 17.6 Å². The normalized spacial score (nSPS) is 21.3. The maximum absolute atomic E-state index is 13.3. The Balaban J connectivity index is 1.62. The Morgan fingerprint density at radius 3 is 2.79 bits per heavy atom. The summed E-state index contributed by atoms with van der Waals surface area (Å²) in [4.78, 5) is 20.0. The number of aromatic nitrogens is 1. The molecule has 1 aliphatic carbocycles. The summed E-state index contributed by atoms with van der Waals surface area (Å²) in [5, 5.41) is 7.39. The molecule has 1 aromatic rings. The maximum Gasteiger partial charge on any atom is 0.317 e. The third-order valence-electron chi connectivity index (χ3n) is 7.67. The van der Waals surface area contributed by atoms with Gasteiger partial charge < -0.3 is 20.3 Å². The molecule has 3 atom stereocenters. The van der Waals surface area contributed by atoms with Gasteiger partial charge in [-0.2, -0.15) is 0 Å². The molecule has 2 N–H and O–H groups in total. The molecule has 2 fully saturated rings. The zero-order valence-corrected chi connectivity index (χ0v) is 22.0. The number of urea groups is 1. The first kappa shape index (κ1) is 27.2. The molecule has 192 valence electrons. The predicted octanol–water partition coefficient (Wildman–Crippen LogP) is 5.62. The first-order chi connectivity index (χ1) is 16.6. The minimum absolute atomic E-state index is 0.0953. The smallest absolute Gasteiger partial charge is 0.317 e. The number of carbonyl (C=O) groups excluding carboxylic acids is 1. The van der Waals surface area contributed by atoms with E-state index in [9.17, 15) is 4.79 Å². The van der Waals surface area contributed by atoms with Crippen molar-refractivity contribution in [2.75, 3.05) is 40.4 Å². The SMILES string of the molecule is CNC[C@H](CC1CCCCC1)NC(=O)N1CCC[C@@H]([C@@H](CCCCOC)c2cc(Cl)ccn2)C1. The average molecular weight is 493 g/mol. The molecule has 7 heteroatoms. The molecule has 1 aliphatic heterocycles. The van der Waals surface area contributed by atoms with E-state index in [2.05, 4.69) is 15.6 Å². The van der Waals surface area contributed by atoms with Gasteiger partial charge in [0.25, 0.3) is 0 Å². The van der Waals surface area contributed by atoms with Gasteiger partial charge in [0.05, 0.1) is 0 Å². The number of rotatable bonds is 12. The number of amides is 2. The van der Waals surface area contributed by atoms with E-state index in [1.54, 1.807) is 13.3 Å². The summed E-state index contributed by atoms with van der Waals surface area (Å²) in [5.74, 6) is 1.45. The number of nitrogens with zero attached hydrogens (tertiary/aromatic N) is 2. The second-order valence-electron chi connectivity index (χ2n) is 10.3. The van der Waals surface area contributed by atoms with Gasteiger partial charge in [0, 0.05) is 62.2 Å². The van der Waals surface area contributed by atoms with E-state index >= 15 is 0 Å². The number of nitrogens with one attached hydrogen (secondary N) is 2. The lowest BCUT2D eigenvalue weighted by molar-refractivity contribution is 0.146. The van der Waals surface area contributed by atoms with Crippen molar-refractivity contribution in [2.24, 2.45) is 11.8 Å².